The van der Waals surface area contributed by atoms with Crippen molar-refractivity contribution >= 4 is 38.9 Å². The van der Waals surface area contributed by atoms with Gasteiger partial charge in [0.15, 0.2) is 0 Å². The minimum absolute atomic E-state index is 0.746. The van der Waals surface area contributed by atoms with E-state index < -0.39 is 0 Å². The van der Waals surface area contributed by atoms with Crippen molar-refractivity contribution in [2.24, 2.45) is 0 Å². The minimum atomic E-state index is 0.746. The molecular weight excluding hydrogens is 326 g/mol. The Morgan fingerprint density at radius 1 is 1.16 bits per heavy atom. The Morgan fingerprint density at radius 2 is 1.84 bits per heavy atom. The van der Waals surface area contributed by atoms with Crippen LogP contribution in [0.25, 0.3) is 0 Å². The summed E-state index contributed by atoms with van der Waals surface area (Å²) in [6.45, 7) is 0. The predicted molar refractivity (Wildman–Crippen MR) is 85.1 cm³/mol. The van der Waals surface area contributed by atoms with Crippen LogP contribution in [-0.4, -0.2) is 14.2 Å². The molecule has 2 nitrogen and oxygen atoms in total. The summed E-state index contributed by atoms with van der Waals surface area (Å²) in [5, 5.41) is 1.51. The summed E-state index contributed by atoms with van der Waals surface area (Å²) < 4.78 is 5.17. The lowest BCUT2D eigenvalue weighted by Gasteiger charge is -2.23. The number of hydrogen-bond acceptors (Lipinski definition) is 2. The topological polar surface area (TPSA) is 12.5 Å². The standard InChI is InChI=1S/C15H15BrClNO/c1-18(12-6-8-13(19-2)9-7-12)15-11(10-16)4-3-5-14(15)17/h3-9H,10H2,1-2H3. The Bertz CT molecular complexity index is 557. The van der Waals surface area contributed by atoms with E-state index >= 15 is 0 Å². The smallest absolute Gasteiger partial charge is 0.119 e. The molecule has 0 aliphatic rings. The van der Waals surface area contributed by atoms with Crippen LogP contribution in [0, 0.1) is 0 Å². The van der Waals surface area contributed by atoms with Gasteiger partial charge in [-0.25, -0.2) is 0 Å². The van der Waals surface area contributed by atoms with Crippen LogP contribution in [0.3, 0.4) is 0 Å². The molecular formula is C15H15BrClNO. The molecule has 0 amide bonds. The maximum atomic E-state index is 6.32. The first-order valence-corrected chi connectivity index (χ1v) is 7.38. The van der Waals surface area contributed by atoms with Crippen molar-refractivity contribution < 1.29 is 4.74 Å². The van der Waals surface area contributed by atoms with Gasteiger partial charge in [-0.1, -0.05) is 39.7 Å². The Balaban J connectivity index is 2.40. The summed E-state index contributed by atoms with van der Waals surface area (Å²) in [6.07, 6.45) is 0. The van der Waals surface area contributed by atoms with Crippen LogP contribution in [0.2, 0.25) is 5.02 Å². The van der Waals surface area contributed by atoms with E-state index in [1.807, 2.05) is 43.4 Å². The van der Waals surface area contributed by atoms with Gasteiger partial charge in [-0.05, 0) is 35.9 Å². The molecule has 0 saturated carbocycles. The third kappa shape index (κ3) is 3.04. The average molecular weight is 341 g/mol. The van der Waals surface area contributed by atoms with Crippen LogP contribution in [0.5, 0.6) is 5.75 Å². The molecule has 0 aromatic heterocycles. The van der Waals surface area contributed by atoms with Crippen LogP contribution in [0.4, 0.5) is 11.4 Å². The Kier molecular flexibility index (Phi) is 4.72. The quantitative estimate of drug-likeness (QED) is 0.725. The molecule has 2 aromatic carbocycles. The molecule has 0 bridgehead atoms. The molecule has 0 N–H and O–H groups in total. The van der Waals surface area contributed by atoms with E-state index in [0.717, 1.165) is 33.0 Å². The maximum Gasteiger partial charge on any atom is 0.119 e. The fraction of sp³-hybridized carbons (Fsp3) is 0.200. The van der Waals surface area contributed by atoms with Gasteiger partial charge in [-0.15, -0.1) is 0 Å². The van der Waals surface area contributed by atoms with E-state index in [-0.39, 0.29) is 0 Å². The number of hydrogen-bond donors (Lipinski definition) is 0. The number of alkyl halides is 1. The van der Waals surface area contributed by atoms with E-state index in [1.165, 1.54) is 0 Å². The van der Waals surface area contributed by atoms with Gasteiger partial charge in [-0.2, -0.15) is 0 Å². The number of halogens is 2. The van der Waals surface area contributed by atoms with Crippen LogP contribution in [0.15, 0.2) is 42.5 Å². The summed E-state index contributed by atoms with van der Waals surface area (Å²) in [4.78, 5) is 2.08. The molecule has 0 aliphatic carbocycles. The summed E-state index contributed by atoms with van der Waals surface area (Å²) >= 11 is 9.83. The van der Waals surface area contributed by atoms with Crippen molar-refractivity contribution in [3.8, 4) is 5.75 Å². The molecule has 0 aliphatic heterocycles. The number of benzene rings is 2. The lowest BCUT2D eigenvalue weighted by Crippen LogP contribution is -2.12. The summed E-state index contributed by atoms with van der Waals surface area (Å²) in [6, 6.07) is 13.8. The lowest BCUT2D eigenvalue weighted by molar-refractivity contribution is 0.415. The maximum absolute atomic E-state index is 6.32. The number of nitrogens with zero attached hydrogens (tertiary/aromatic N) is 1. The second-order valence-electron chi connectivity index (χ2n) is 4.14. The third-order valence-corrected chi connectivity index (χ3v) is 3.92. The average Bonchev–Trinajstić information content (AvgIpc) is 2.46. The molecule has 0 saturated heterocycles. The molecule has 0 spiro atoms. The molecule has 0 atom stereocenters. The largest absolute Gasteiger partial charge is 0.497 e. The first kappa shape index (κ1) is 14.2. The highest BCUT2D eigenvalue weighted by atomic mass is 79.9. The number of ether oxygens (including phenoxy) is 1. The number of para-hydroxylation sites is 1. The van der Waals surface area contributed by atoms with Gasteiger partial charge < -0.3 is 9.64 Å². The SMILES string of the molecule is COc1ccc(N(C)c2c(Cl)cccc2CBr)cc1. The summed E-state index contributed by atoms with van der Waals surface area (Å²) in [7, 11) is 3.67. The lowest BCUT2D eigenvalue weighted by atomic mass is 10.1. The zero-order valence-electron chi connectivity index (χ0n) is 10.9. The highest BCUT2D eigenvalue weighted by Crippen LogP contribution is 2.35. The van der Waals surface area contributed by atoms with Gasteiger partial charge in [-0.3, -0.25) is 0 Å². The fourth-order valence-electron chi connectivity index (χ4n) is 1.98. The molecule has 0 unspecified atom stereocenters. The second kappa shape index (κ2) is 6.31. The molecule has 19 heavy (non-hydrogen) atoms. The Hall–Kier alpha value is -1.19. The molecule has 2 aromatic rings. The van der Waals surface area contributed by atoms with E-state index in [9.17, 15) is 0 Å². The van der Waals surface area contributed by atoms with Crippen LogP contribution < -0.4 is 9.64 Å². The fourth-order valence-corrected chi connectivity index (χ4v) is 2.75. The van der Waals surface area contributed by atoms with Crippen LogP contribution >= 0.6 is 27.5 Å². The normalized spacial score (nSPS) is 10.3. The zero-order chi connectivity index (χ0) is 13.8. The summed E-state index contributed by atoms with van der Waals surface area (Å²) in [5.74, 6) is 0.844. The zero-order valence-corrected chi connectivity index (χ0v) is 13.2. The van der Waals surface area contributed by atoms with Crippen molar-refractivity contribution in [2.45, 2.75) is 5.33 Å². The van der Waals surface area contributed by atoms with Gasteiger partial charge in [0.2, 0.25) is 0 Å². The highest BCUT2D eigenvalue weighted by Gasteiger charge is 2.12. The number of methoxy groups -OCH3 is 1. The van der Waals surface area contributed by atoms with E-state index in [1.54, 1.807) is 7.11 Å². The molecule has 0 radical (unpaired) electrons. The predicted octanol–water partition coefficient (Wildman–Crippen LogP) is 5.01. The van der Waals surface area contributed by atoms with Crippen molar-refractivity contribution in [1.82, 2.24) is 0 Å². The summed E-state index contributed by atoms with van der Waals surface area (Å²) in [5.41, 5.74) is 3.24. The van der Waals surface area contributed by atoms with Gasteiger partial charge in [0, 0.05) is 18.1 Å². The molecule has 0 heterocycles. The van der Waals surface area contributed by atoms with E-state index in [0.29, 0.717) is 0 Å². The number of anilines is 2. The van der Waals surface area contributed by atoms with Crippen molar-refractivity contribution in [1.29, 1.82) is 0 Å². The Labute approximate surface area is 127 Å². The van der Waals surface area contributed by atoms with Gasteiger partial charge in [0.1, 0.15) is 5.75 Å². The van der Waals surface area contributed by atoms with Crippen molar-refractivity contribution in [3.05, 3.63) is 53.1 Å². The second-order valence-corrected chi connectivity index (χ2v) is 5.11. The molecule has 4 heteroatoms. The van der Waals surface area contributed by atoms with Crippen LogP contribution in [-0.2, 0) is 5.33 Å². The first-order valence-electron chi connectivity index (χ1n) is 5.88. The molecule has 100 valence electrons. The third-order valence-electron chi connectivity index (χ3n) is 3.01. The van der Waals surface area contributed by atoms with Crippen LogP contribution in [0.1, 0.15) is 5.56 Å². The van der Waals surface area contributed by atoms with Crippen molar-refractivity contribution in [3.63, 3.8) is 0 Å². The van der Waals surface area contributed by atoms with E-state index in [4.69, 9.17) is 16.3 Å². The van der Waals surface area contributed by atoms with Gasteiger partial charge in [0.05, 0.1) is 17.8 Å². The Morgan fingerprint density at radius 3 is 2.42 bits per heavy atom. The minimum Gasteiger partial charge on any atom is -0.497 e. The highest BCUT2D eigenvalue weighted by molar-refractivity contribution is 9.08. The molecule has 2 rings (SSSR count). The van der Waals surface area contributed by atoms with E-state index in [2.05, 4.69) is 26.9 Å². The molecule has 0 fully saturated rings. The number of rotatable bonds is 4. The van der Waals surface area contributed by atoms with Gasteiger partial charge >= 0.3 is 0 Å². The van der Waals surface area contributed by atoms with Gasteiger partial charge in [0.25, 0.3) is 0 Å². The monoisotopic (exact) mass is 339 g/mol. The first-order chi connectivity index (χ1) is 9.17. The van der Waals surface area contributed by atoms with Crippen molar-refractivity contribution in [2.75, 3.05) is 19.1 Å².